The van der Waals surface area contributed by atoms with Crippen molar-refractivity contribution in [3.05, 3.63) is 108 Å². The molecule has 0 bridgehead atoms. The minimum Gasteiger partial charge on any atom is -0.309 e. The summed E-state index contributed by atoms with van der Waals surface area (Å²) in [4.78, 5) is 14.8. The number of allylic oxidation sites excluding steroid dienone is 2. The van der Waals surface area contributed by atoms with Gasteiger partial charge in [-0.15, -0.1) is 0 Å². The van der Waals surface area contributed by atoms with Gasteiger partial charge in [-0.05, 0) is 25.8 Å². The maximum absolute atomic E-state index is 14.8. The molecule has 3 nitrogen and oxygen atoms in total. The molecule has 0 saturated carbocycles. The van der Waals surface area contributed by atoms with Crippen molar-refractivity contribution in [1.82, 2.24) is 4.90 Å². The monoisotopic (exact) mass is 415 g/mol. The molecule has 1 aliphatic rings. The molecule has 0 aliphatic carbocycles. The van der Waals surface area contributed by atoms with Crippen molar-refractivity contribution in [1.29, 1.82) is 0 Å². The topological polar surface area (TPSA) is 37.4 Å². The number of hydrogen-bond acceptors (Lipinski definition) is 2. The van der Waals surface area contributed by atoms with Gasteiger partial charge < -0.3 is 9.46 Å². The Morgan fingerprint density at radius 3 is 1.73 bits per heavy atom. The van der Waals surface area contributed by atoms with Gasteiger partial charge in [0, 0.05) is 28.0 Å². The molecule has 4 rings (SSSR count). The molecular formula is C26H26NO2P. The predicted molar refractivity (Wildman–Crippen MR) is 123 cm³/mol. The highest BCUT2D eigenvalue weighted by atomic mass is 31.2. The molecule has 1 aliphatic heterocycles. The summed E-state index contributed by atoms with van der Waals surface area (Å²) < 4.78 is 14.8. The Morgan fingerprint density at radius 2 is 1.23 bits per heavy atom. The Kier molecular flexibility index (Phi) is 5.74. The van der Waals surface area contributed by atoms with Crippen molar-refractivity contribution in [2.24, 2.45) is 0 Å². The number of nitrogens with zero attached hydrogens (tertiary/aromatic N) is 1. The van der Waals surface area contributed by atoms with Crippen molar-refractivity contribution < 1.29 is 9.36 Å². The molecule has 1 atom stereocenters. The van der Waals surface area contributed by atoms with Crippen LogP contribution in [-0.2, 0) is 9.36 Å². The van der Waals surface area contributed by atoms with Gasteiger partial charge in [-0.1, -0.05) is 91.0 Å². The molecule has 1 amide bonds. The van der Waals surface area contributed by atoms with E-state index in [1.165, 1.54) is 0 Å². The quantitative estimate of drug-likeness (QED) is 0.508. The molecule has 152 valence electrons. The average Bonchev–Trinajstić information content (AvgIpc) is 2.80. The van der Waals surface area contributed by atoms with E-state index in [0.29, 0.717) is 12.8 Å². The molecule has 0 spiro atoms. The van der Waals surface area contributed by atoms with Crippen LogP contribution in [0.4, 0.5) is 0 Å². The van der Waals surface area contributed by atoms with Crippen LogP contribution in [0.25, 0.3) is 0 Å². The van der Waals surface area contributed by atoms with E-state index in [9.17, 15) is 9.36 Å². The van der Waals surface area contributed by atoms with E-state index in [1.807, 2.05) is 110 Å². The number of carbonyl (C=O) groups excluding carboxylic acids is 1. The Labute approximate surface area is 178 Å². The zero-order chi connectivity index (χ0) is 21.1. The third-order valence-corrected chi connectivity index (χ3v) is 9.27. The van der Waals surface area contributed by atoms with E-state index in [4.69, 9.17) is 0 Å². The molecule has 0 unspecified atom stereocenters. The summed E-state index contributed by atoms with van der Waals surface area (Å²) in [7, 11) is -3.07. The van der Waals surface area contributed by atoms with E-state index in [1.54, 1.807) is 0 Å². The minimum atomic E-state index is -3.07. The lowest BCUT2D eigenvalue weighted by molar-refractivity contribution is -0.131. The first-order chi connectivity index (χ1) is 14.5. The molecule has 1 heterocycles. The SMILES string of the molecule is CC1=C(P(=O)(c2ccccc2)c2ccccc2)CCC(=O)N1[C@@H](C)c1ccccc1. The van der Waals surface area contributed by atoms with Crippen molar-refractivity contribution >= 4 is 23.7 Å². The Balaban J connectivity index is 1.89. The number of benzene rings is 3. The molecule has 0 fully saturated rings. The van der Waals surface area contributed by atoms with Gasteiger partial charge in [0.25, 0.3) is 0 Å². The highest BCUT2D eigenvalue weighted by Gasteiger charge is 2.39. The fourth-order valence-corrected chi connectivity index (χ4v) is 7.46. The Bertz CT molecular complexity index is 1060. The first-order valence-electron chi connectivity index (χ1n) is 10.3. The number of amides is 1. The Morgan fingerprint density at radius 1 is 0.767 bits per heavy atom. The second kappa shape index (κ2) is 8.45. The maximum Gasteiger partial charge on any atom is 0.227 e. The zero-order valence-corrected chi connectivity index (χ0v) is 18.3. The summed E-state index contributed by atoms with van der Waals surface area (Å²) in [5, 5.41) is 2.50. The van der Waals surface area contributed by atoms with Crippen molar-refractivity contribution in [3.63, 3.8) is 0 Å². The van der Waals surface area contributed by atoms with Crippen LogP contribution >= 0.6 is 7.14 Å². The lowest BCUT2D eigenvalue weighted by atomic mass is 10.0. The van der Waals surface area contributed by atoms with Crippen LogP contribution in [-0.4, -0.2) is 10.8 Å². The molecule has 4 heteroatoms. The van der Waals surface area contributed by atoms with Crippen LogP contribution in [0, 0.1) is 0 Å². The van der Waals surface area contributed by atoms with E-state index in [-0.39, 0.29) is 11.9 Å². The summed E-state index contributed by atoms with van der Waals surface area (Å²) in [6, 6.07) is 29.3. The normalized spacial score (nSPS) is 15.9. The average molecular weight is 415 g/mol. The summed E-state index contributed by atoms with van der Waals surface area (Å²) in [5.74, 6) is 0.0836. The van der Waals surface area contributed by atoms with Crippen molar-refractivity contribution in [3.8, 4) is 0 Å². The summed E-state index contributed by atoms with van der Waals surface area (Å²) in [6.07, 6.45) is 0.886. The third kappa shape index (κ3) is 3.55. The molecule has 0 saturated heterocycles. The number of rotatable bonds is 5. The van der Waals surface area contributed by atoms with E-state index >= 15 is 0 Å². The van der Waals surface area contributed by atoms with Gasteiger partial charge in [-0.2, -0.15) is 0 Å². The zero-order valence-electron chi connectivity index (χ0n) is 17.4. The number of hydrogen-bond donors (Lipinski definition) is 0. The van der Waals surface area contributed by atoms with Gasteiger partial charge in [0.15, 0.2) is 7.14 Å². The highest BCUT2D eigenvalue weighted by Crippen LogP contribution is 2.56. The van der Waals surface area contributed by atoms with Crippen LogP contribution in [0.5, 0.6) is 0 Å². The van der Waals surface area contributed by atoms with Gasteiger partial charge in [-0.25, -0.2) is 0 Å². The largest absolute Gasteiger partial charge is 0.309 e. The van der Waals surface area contributed by atoms with Crippen LogP contribution in [0.15, 0.2) is 102 Å². The first kappa shape index (κ1) is 20.4. The van der Waals surface area contributed by atoms with Crippen LogP contribution in [0.1, 0.15) is 38.3 Å². The van der Waals surface area contributed by atoms with Crippen molar-refractivity contribution in [2.75, 3.05) is 0 Å². The standard InChI is InChI=1S/C26H26NO2P/c1-20(22-12-6-3-7-13-22)27-21(2)25(18-19-26(27)28)30(29,23-14-8-4-9-15-23)24-16-10-5-11-17-24/h3-17,20H,18-19H2,1-2H3/t20-/m0/s1. The second-order valence-corrected chi connectivity index (χ2v) is 10.5. The molecule has 0 radical (unpaired) electrons. The smallest absolute Gasteiger partial charge is 0.227 e. The first-order valence-corrected chi connectivity index (χ1v) is 12.0. The van der Waals surface area contributed by atoms with Crippen LogP contribution in [0.3, 0.4) is 0 Å². The summed E-state index contributed by atoms with van der Waals surface area (Å²) in [5.41, 5.74) is 1.89. The number of carbonyl (C=O) groups is 1. The molecule has 0 N–H and O–H groups in total. The van der Waals surface area contributed by atoms with E-state index in [2.05, 4.69) is 0 Å². The van der Waals surface area contributed by atoms with Gasteiger partial charge in [0.05, 0.1) is 6.04 Å². The summed E-state index contributed by atoms with van der Waals surface area (Å²) >= 11 is 0. The van der Waals surface area contributed by atoms with Gasteiger partial charge in [0.2, 0.25) is 5.91 Å². The fourth-order valence-electron chi connectivity index (χ4n) is 4.36. The third-order valence-electron chi connectivity index (χ3n) is 5.91. The molecule has 3 aromatic carbocycles. The molecular weight excluding hydrogens is 389 g/mol. The van der Waals surface area contributed by atoms with Crippen LogP contribution < -0.4 is 10.6 Å². The fraction of sp³-hybridized carbons (Fsp3) is 0.192. The van der Waals surface area contributed by atoms with Gasteiger partial charge in [0.1, 0.15) is 0 Å². The lowest BCUT2D eigenvalue weighted by Gasteiger charge is -2.37. The lowest BCUT2D eigenvalue weighted by Crippen LogP contribution is -2.36. The molecule has 30 heavy (non-hydrogen) atoms. The van der Waals surface area contributed by atoms with Gasteiger partial charge >= 0.3 is 0 Å². The summed E-state index contributed by atoms with van der Waals surface area (Å²) in [6.45, 7) is 3.99. The highest BCUT2D eigenvalue weighted by molar-refractivity contribution is 7.82. The molecule has 3 aromatic rings. The maximum atomic E-state index is 14.8. The minimum absolute atomic E-state index is 0.0836. The van der Waals surface area contributed by atoms with E-state index in [0.717, 1.165) is 27.2 Å². The second-order valence-electron chi connectivity index (χ2n) is 7.66. The van der Waals surface area contributed by atoms with Gasteiger partial charge in [-0.3, -0.25) is 4.79 Å². The molecule has 0 aromatic heterocycles. The van der Waals surface area contributed by atoms with Crippen LogP contribution in [0.2, 0.25) is 0 Å². The predicted octanol–water partition coefficient (Wildman–Crippen LogP) is 5.62. The van der Waals surface area contributed by atoms with E-state index < -0.39 is 7.14 Å². The Hall–Kier alpha value is -2.90. The van der Waals surface area contributed by atoms with Crippen molar-refractivity contribution in [2.45, 2.75) is 32.7 Å².